The van der Waals surface area contributed by atoms with E-state index < -0.39 is 0 Å². The van der Waals surface area contributed by atoms with Crippen molar-refractivity contribution in [1.82, 2.24) is 9.97 Å². The lowest BCUT2D eigenvalue weighted by molar-refractivity contribution is 0.101. The lowest BCUT2D eigenvalue weighted by Crippen LogP contribution is -2.18. The van der Waals surface area contributed by atoms with E-state index in [9.17, 15) is 9.59 Å². The molecule has 2 heterocycles. The summed E-state index contributed by atoms with van der Waals surface area (Å²) in [4.78, 5) is 34.1. The number of rotatable bonds is 4. The number of carbonyl (C=O) groups is 2. The van der Waals surface area contributed by atoms with Gasteiger partial charge in [-0.05, 0) is 35.0 Å². The summed E-state index contributed by atoms with van der Waals surface area (Å²) in [5.74, 6) is -0.720. The molecule has 2 amide bonds. The van der Waals surface area contributed by atoms with E-state index in [0.29, 0.717) is 22.8 Å². The molecule has 0 fully saturated rings. The molecule has 0 saturated carbocycles. The van der Waals surface area contributed by atoms with Crippen molar-refractivity contribution in [3.63, 3.8) is 0 Å². The molecular weight excluding hydrogens is 400 g/mol. The minimum atomic E-state index is -0.360. The minimum absolute atomic E-state index is 0.293. The Kier molecular flexibility index (Phi) is 5.01. The lowest BCUT2D eigenvalue weighted by Gasteiger charge is -2.12. The molecule has 3 aromatic carbocycles. The van der Waals surface area contributed by atoms with Crippen LogP contribution in [0.5, 0.6) is 0 Å². The second-order valence-electron chi connectivity index (χ2n) is 7.29. The van der Waals surface area contributed by atoms with E-state index in [-0.39, 0.29) is 11.8 Å². The van der Waals surface area contributed by atoms with Crippen molar-refractivity contribution in [3.05, 3.63) is 109 Å². The first-order chi connectivity index (χ1) is 15.7. The summed E-state index contributed by atoms with van der Waals surface area (Å²) < 4.78 is 0. The zero-order valence-corrected chi connectivity index (χ0v) is 16.9. The molecule has 0 atom stereocenters. The third-order valence-corrected chi connectivity index (χ3v) is 5.15. The largest absolute Gasteiger partial charge is 0.319 e. The van der Waals surface area contributed by atoms with Crippen LogP contribution in [0.4, 0.5) is 11.4 Å². The molecule has 2 aromatic heterocycles. The zero-order chi connectivity index (χ0) is 21.9. The molecule has 154 valence electrons. The average Bonchev–Trinajstić information content (AvgIpc) is 2.84. The summed E-state index contributed by atoms with van der Waals surface area (Å²) in [6.07, 6.45) is 3.34. The van der Waals surface area contributed by atoms with E-state index in [1.807, 2.05) is 48.5 Å². The van der Waals surface area contributed by atoms with Crippen LogP contribution in [0.25, 0.3) is 21.5 Å². The smallest absolute Gasteiger partial charge is 0.274 e. The average molecular weight is 418 g/mol. The fourth-order valence-corrected chi connectivity index (χ4v) is 3.49. The predicted molar refractivity (Wildman–Crippen MR) is 126 cm³/mol. The van der Waals surface area contributed by atoms with Gasteiger partial charge in [0, 0.05) is 23.2 Å². The van der Waals surface area contributed by atoms with Crippen molar-refractivity contribution < 1.29 is 9.59 Å². The van der Waals surface area contributed by atoms with Crippen LogP contribution in [0.2, 0.25) is 0 Å². The fourth-order valence-electron chi connectivity index (χ4n) is 3.49. The van der Waals surface area contributed by atoms with E-state index in [2.05, 4.69) is 20.6 Å². The van der Waals surface area contributed by atoms with Gasteiger partial charge >= 0.3 is 0 Å². The number of hydrogen-bond acceptors (Lipinski definition) is 4. The monoisotopic (exact) mass is 418 g/mol. The number of carbonyl (C=O) groups excluding carboxylic acids is 2. The number of fused-ring (bicyclic) bond motifs is 2. The first-order valence-electron chi connectivity index (χ1n) is 10.1. The number of nitrogens with one attached hydrogen (secondary N) is 2. The number of nitrogens with zero attached hydrogens (tertiary/aromatic N) is 2. The number of para-hydroxylation sites is 2. The molecule has 0 radical (unpaired) electrons. The van der Waals surface area contributed by atoms with Gasteiger partial charge in [-0.25, -0.2) is 0 Å². The number of amides is 2. The molecule has 0 unspecified atom stereocenters. The van der Waals surface area contributed by atoms with Crippen molar-refractivity contribution in [1.29, 1.82) is 0 Å². The van der Waals surface area contributed by atoms with Crippen molar-refractivity contribution in [2.45, 2.75) is 0 Å². The lowest BCUT2D eigenvalue weighted by atomic mass is 10.1. The Morgan fingerprint density at radius 3 is 1.34 bits per heavy atom. The molecule has 0 aliphatic carbocycles. The van der Waals surface area contributed by atoms with E-state index in [0.717, 1.165) is 21.5 Å². The van der Waals surface area contributed by atoms with Crippen molar-refractivity contribution in [2.75, 3.05) is 10.6 Å². The van der Waals surface area contributed by atoms with E-state index in [1.54, 1.807) is 48.8 Å². The van der Waals surface area contributed by atoms with Crippen LogP contribution in [0, 0.1) is 0 Å². The molecule has 2 N–H and O–H groups in total. The molecule has 0 spiro atoms. The van der Waals surface area contributed by atoms with Crippen molar-refractivity contribution in [3.8, 4) is 0 Å². The summed E-state index contributed by atoms with van der Waals surface area (Å²) in [6, 6.07) is 25.9. The van der Waals surface area contributed by atoms with Crippen LogP contribution in [0.1, 0.15) is 21.0 Å². The van der Waals surface area contributed by atoms with Gasteiger partial charge in [0.1, 0.15) is 11.4 Å². The van der Waals surface area contributed by atoms with Crippen molar-refractivity contribution >= 4 is 44.7 Å². The van der Waals surface area contributed by atoms with Gasteiger partial charge in [-0.15, -0.1) is 0 Å². The van der Waals surface area contributed by atoms with Crippen LogP contribution < -0.4 is 10.6 Å². The highest BCUT2D eigenvalue weighted by Gasteiger charge is 2.14. The van der Waals surface area contributed by atoms with Crippen LogP contribution in [0.15, 0.2) is 97.3 Å². The second kappa shape index (κ2) is 8.28. The minimum Gasteiger partial charge on any atom is -0.319 e. The van der Waals surface area contributed by atoms with Crippen molar-refractivity contribution in [2.24, 2.45) is 0 Å². The maximum absolute atomic E-state index is 12.8. The summed E-state index contributed by atoms with van der Waals surface area (Å²) >= 11 is 0. The molecule has 5 aromatic rings. The number of anilines is 2. The van der Waals surface area contributed by atoms with Gasteiger partial charge in [-0.3, -0.25) is 19.6 Å². The van der Waals surface area contributed by atoms with Gasteiger partial charge in [0.05, 0.1) is 11.4 Å². The molecular formula is C26H18N4O2. The maximum Gasteiger partial charge on any atom is 0.274 e. The first-order valence-corrected chi connectivity index (χ1v) is 10.1. The Hall–Kier alpha value is -4.58. The molecule has 5 rings (SSSR count). The standard InChI is InChI=1S/C26H18N4O2/c31-25(23-13-17-7-1-3-9-19(17)15-27-23)29-21-11-5-6-12-22(21)30-26(32)24-14-18-8-2-4-10-20(18)16-28-24/h1-16H,(H,29,31)(H,30,32). The molecule has 0 saturated heterocycles. The Morgan fingerprint density at radius 2 is 0.906 bits per heavy atom. The topological polar surface area (TPSA) is 84.0 Å². The van der Waals surface area contributed by atoms with E-state index in [1.165, 1.54) is 0 Å². The highest BCUT2D eigenvalue weighted by atomic mass is 16.2. The zero-order valence-electron chi connectivity index (χ0n) is 16.9. The van der Waals surface area contributed by atoms with Crippen LogP contribution in [-0.4, -0.2) is 21.8 Å². The molecule has 0 aliphatic heterocycles. The Balaban J connectivity index is 1.38. The highest BCUT2D eigenvalue weighted by Crippen LogP contribution is 2.23. The van der Waals surface area contributed by atoms with Gasteiger partial charge in [-0.2, -0.15) is 0 Å². The normalized spacial score (nSPS) is 10.8. The summed E-state index contributed by atoms with van der Waals surface area (Å²) in [6.45, 7) is 0. The number of hydrogen-bond donors (Lipinski definition) is 2. The number of benzene rings is 3. The van der Waals surface area contributed by atoms with Gasteiger partial charge in [-0.1, -0.05) is 60.7 Å². The Labute approximate surface area is 184 Å². The van der Waals surface area contributed by atoms with Crippen LogP contribution >= 0.6 is 0 Å². The molecule has 6 nitrogen and oxygen atoms in total. The summed E-state index contributed by atoms with van der Waals surface area (Å²) in [5.41, 5.74) is 1.53. The molecule has 0 bridgehead atoms. The highest BCUT2D eigenvalue weighted by molar-refractivity contribution is 6.10. The third-order valence-electron chi connectivity index (χ3n) is 5.15. The number of pyridine rings is 2. The Morgan fingerprint density at radius 1 is 0.531 bits per heavy atom. The molecule has 6 heteroatoms. The quantitative estimate of drug-likeness (QED) is 0.415. The first kappa shape index (κ1) is 19.4. The summed E-state index contributed by atoms with van der Waals surface area (Å²) in [7, 11) is 0. The van der Waals surface area contributed by atoms with Gasteiger partial charge in [0.2, 0.25) is 0 Å². The third kappa shape index (κ3) is 3.89. The molecule has 0 aliphatic rings. The van der Waals surface area contributed by atoms with E-state index >= 15 is 0 Å². The SMILES string of the molecule is O=C(Nc1ccccc1NC(=O)c1cc2ccccc2cn1)c1cc2ccccc2cn1. The second-order valence-corrected chi connectivity index (χ2v) is 7.29. The molecule has 32 heavy (non-hydrogen) atoms. The summed E-state index contributed by atoms with van der Waals surface area (Å²) in [5, 5.41) is 9.45. The predicted octanol–water partition coefficient (Wildman–Crippen LogP) is 5.29. The van der Waals surface area contributed by atoms with Gasteiger partial charge < -0.3 is 10.6 Å². The van der Waals surface area contributed by atoms with Crippen LogP contribution in [0.3, 0.4) is 0 Å². The fraction of sp³-hybridized carbons (Fsp3) is 0. The Bertz CT molecular complexity index is 1370. The maximum atomic E-state index is 12.8. The van der Waals surface area contributed by atoms with Crippen LogP contribution in [-0.2, 0) is 0 Å². The van der Waals surface area contributed by atoms with E-state index in [4.69, 9.17) is 0 Å². The number of aromatic nitrogens is 2. The van der Waals surface area contributed by atoms with Gasteiger partial charge in [0.25, 0.3) is 11.8 Å². The van der Waals surface area contributed by atoms with Gasteiger partial charge in [0.15, 0.2) is 0 Å².